The minimum absolute atomic E-state index is 0.0809. The maximum atomic E-state index is 13.8. The Morgan fingerprint density at radius 2 is 1.88 bits per heavy atom. The number of anilines is 3. The number of hydrogen-bond acceptors (Lipinski definition) is 3. The van der Waals surface area contributed by atoms with Crippen LogP contribution in [0, 0.1) is 5.82 Å². The highest BCUT2D eigenvalue weighted by molar-refractivity contribution is 6.33. The first-order valence-corrected chi connectivity index (χ1v) is 5.68. The molecule has 0 aromatic heterocycles. The lowest BCUT2D eigenvalue weighted by molar-refractivity contribution is 0.617. The van der Waals surface area contributed by atoms with Gasteiger partial charge in [0.05, 0.1) is 17.1 Å². The molecule has 0 aliphatic rings. The fourth-order valence-corrected chi connectivity index (χ4v) is 1.66. The van der Waals surface area contributed by atoms with Crippen LogP contribution < -0.4 is 16.8 Å². The number of rotatable bonds is 4. The third-order valence-electron chi connectivity index (χ3n) is 2.60. The zero-order valence-electron chi connectivity index (χ0n) is 9.48. The van der Waals surface area contributed by atoms with E-state index in [2.05, 4.69) is 5.32 Å². The van der Waals surface area contributed by atoms with Gasteiger partial charge in [0.15, 0.2) is 5.82 Å². The molecule has 0 radical (unpaired) electrons. The Morgan fingerprint density at radius 1 is 1.31 bits per heavy atom. The van der Waals surface area contributed by atoms with Crippen LogP contribution in [0.5, 0.6) is 0 Å². The second kappa shape index (κ2) is 5.25. The van der Waals surface area contributed by atoms with Crippen molar-refractivity contribution in [2.24, 2.45) is 0 Å². The van der Waals surface area contributed by atoms with E-state index in [4.69, 9.17) is 23.1 Å². The summed E-state index contributed by atoms with van der Waals surface area (Å²) in [5, 5.41) is 2.96. The Bertz CT molecular complexity index is 378. The van der Waals surface area contributed by atoms with E-state index >= 15 is 0 Å². The summed E-state index contributed by atoms with van der Waals surface area (Å²) in [4.78, 5) is 0. The van der Waals surface area contributed by atoms with E-state index in [-0.39, 0.29) is 28.1 Å². The molecule has 0 unspecified atom stereocenters. The van der Waals surface area contributed by atoms with E-state index < -0.39 is 5.82 Å². The number of hydrogen-bond donors (Lipinski definition) is 3. The maximum absolute atomic E-state index is 13.8. The van der Waals surface area contributed by atoms with Crippen molar-refractivity contribution in [2.75, 3.05) is 16.8 Å². The molecule has 1 rings (SSSR count). The van der Waals surface area contributed by atoms with E-state index in [9.17, 15) is 4.39 Å². The van der Waals surface area contributed by atoms with Crippen molar-refractivity contribution in [1.82, 2.24) is 0 Å². The summed E-state index contributed by atoms with van der Waals surface area (Å²) in [5.74, 6) is -0.578. The predicted molar refractivity (Wildman–Crippen MR) is 68.2 cm³/mol. The summed E-state index contributed by atoms with van der Waals surface area (Å²) in [6.07, 6.45) is 1.77. The number of halogens is 2. The first kappa shape index (κ1) is 12.9. The van der Waals surface area contributed by atoms with E-state index in [1.54, 1.807) is 0 Å². The first-order valence-electron chi connectivity index (χ1n) is 5.30. The standard InChI is InChI=1S/C11H17ClFN3/c1-3-6(4-2)16-11-8(15)5-7(14)9(12)10(11)13/h5-6,16H,3-4,14-15H2,1-2H3. The van der Waals surface area contributed by atoms with E-state index in [0.717, 1.165) is 12.8 Å². The second-order valence-electron chi connectivity index (χ2n) is 3.72. The van der Waals surface area contributed by atoms with Crippen LogP contribution in [-0.2, 0) is 0 Å². The molecule has 0 amide bonds. The number of benzene rings is 1. The van der Waals surface area contributed by atoms with Gasteiger partial charge in [0.1, 0.15) is 5.02 Å². The van der Waals surface area contributed by atoms with Crippen LogP contribution in [0.1, 0.15) is 26.7 Å². The largest absolute Gasteiger partial charge is 0.397 e. The van der Waals surface area contributed by atoms with Crippen molar-refractivity contribution in [3.8, 4) is 0 Å². The number of nitrogen functional groups attached to an aromatic ring is 2. The van der Waals surface area contributed by atoms with Crippen molar-refractivity contribution >= 4 is 28.7 Å². The molecule has 1 aromatic rings. The van der Waals surface area contributed by atoms with Crippen LogP contribution in [0.4, 0.5) is 21.5 Å². The highest BCUT2D eigenvalue weighted by Crippen LogP contribution is 2.34. The zero-order chi connectivity index (χ0) is 12.3. The molecule has 1 aromatic carbocycles. The summed E-state index contributed by atoms with van der Waals surface area (Å²) < 4.78 is 13.8. The van der Waals surface area contributed by atoms with Crippen LogP contribution in [0.25, 0.3) is 0 Å². The van der Waals surface area contributed by atoms with Crippen LogP contribution in [0.3, 0.4) is 0 Å². The topological polar surface area (TPSA) is 64.1 Å². The van der Waals surface area contributed by atoms with E-state index in [1.807, 2.05) is 13.8 Å². The number of nitrogens with one attached hydrogen (secondary N) is 1. The zero-order valence-corrected chi connectivity index (χ0v) is 10.2. The molecule has 3 nitrogen and oxygen atoms in total. The van der Waals surface area contributed by atoms with Gasteiger partial charge in [-0.3, -0.25) is 0 Å². The van der Waals surface area contributed by atoms with Gasteiger partial charge >= 0.3 is 0 Å². The molecule has 0 atom stereocenters. The summed E-state index contributed by atoms with van der Waals surface area (Å²) in [6.45, 7) is 4.04. The van der Waals surface area contributed by atoms with E-state index in [1.165, 1.54) is 6.07 Å². The van der Waals surface area contributed by atoms with Crippen LogP contribution in [-0.4, -0.2) is 6.04 Å². The molecule has 5 N–H and O–H groups in total. The summed E-state index contributed by atoms with van der Waals surface area (Å²) in [7, 11) is 0. The Kier molecular flexibility index (Phi) is 4.24. The first-order chi connectivity index (χ1) is 7.51. The molecule has 0 saturated carbocycles. The average Bonchev–Trinajstić information content (AvgIpc) is 2.27. The lowest BCUT2D eigenvalue weighted by atomic mass is 10.1. The minimum atomic E-state index is -0.578. The minimum Gasteiger partial charge on any atom is -0.397 e. The molecule has 0 aliphatic carbocycles. The molecule has 0 bridgehead atoms. The number of nitrogens with two attached hydrogens (primary N) is 2. The van der Waals surface area contributed by atoms with Crippen molar-refractivity contribution in [2.45, 2.75) is 32.7 Å². The third kappa shape index (κ3) is 2.50. The molecule has 90 valence electrons. The summed E-state index contributed by atoms with van der Waals surface area (Å²) in [5.41, 5.74) is 11.9. The van der Waals surface area contributed by atoms with Crippen molar-refractivity contribution in [1.29, 1.82) is 0 Å². The summed E-state index contributed by atoms with van der Waals surface area (Å²) >= 11 is 5.73. The molecular weight excluding hydrogens is 229 g/mol. The second-order valence-corrected chi connectivity index (χ2v) is 4.09. The van der Waals surface area contributed by atoms with Gasteiger partial charge in [-0.25, -0.2) is 4.39 Å². The summed E-state index contributed by atoms with van der Waals surface area (Å²) in [6, 6.07) is 1.65. The normalized spacial score (nSPS) is 10.8. The lowest BCUT2D eigenvalue weighted by Crippen LogP contribution is -2.19. The molecule has 0 spiro atoms. The molecule has 16 heavy (non-hydrogen) atoms. The molecular formula is C11H17ClFN3. The average molecular weight is 246 g/mol. The Labute approximate surface area is 100.0 Å². The smallest absolute Gasteiger partial charge is 0.169 e. The monoisotopic (exact) mass is 245 g/mol. The third-order valence-corrected chi connectivity index (χ3v) is 2.98. The van der Waals surface area contributed by atoms with Gasteiger partial charge in [-0.2, -0.15) is 0 Å². The fraction of sp³-hybridized carbons (Fsp3) is 0.455. The molecule has 0 heterocycles. The lowest BCUT2D eigenvalue weighted by Gasteiger charge is -2.19. The molecule has 5 heteroatoms. The van der Waals surface area contributed by atoms with Gasteiger partial charge in [0.25, 0.3) is 0 Å². The van der Waals surface area contributed by atoms with E-state index in [0.29, 0.717) is 0 Å². The van der Waals surface area contributed by atoms with Crippen molar-refractivity contribution < 1.29 is 4.39 Å². The van der Waals surface area contributed by atoms with Gasteiger partial charge in [0.2, 0.25) is 0 Å². The Morgan fingerprint density at radius 3 is 2.38 bits per heavy atom. The maximum Gasteiger partial charge on any atom is 0.169 e. The quantitative estimate of drug-likeness (QED) is 0.714. The highest BCUT2D eigenvalue weighted by atomic mass is 35.5. The van der Waals surface area contributed by atoms with Gasteiger partial charge < -0.3 is 16.8 Å². The van der Waals surface area contributed by atoms with Crippen LogP contribution in [0.2, 0.25) is 5.02 Å². The SMILES string of the molecule is CCC(CC)Nc1c(N)cc(N)c(Cl)c1F. The van der Waals surface area contributed by atoms with Gasteiger partial charge in [-0.1, -0.05) is 25.4 Å². The van der Waals surface area contributed by atoms with Gasteiger partial charge in [0, 0.05) is 6.04 Å². The van der Waals surface area contributed by atoms with Crippen molar-refractivity contribution in [3.05, 3.63) is 16.9 Å². The fourth-order valence-electron chi connectivity index (χ4n) is 1.51. The molecule has 0 fully saturated rings. The van der Waals surface area contributed by atoms with Crippen LogP contribution in [0.15, 0.2) is 6.07 Å². The molecule has 0 aliphatic heterocycles. The molecule has 0 saturated heterocycles. The Balaban J connectivity index is 3.09. The predicted octanol–water partition coefficient (Wildman–Crippen LogP) is 3.24. The van der Waals surface area contributed by atoms with Gasteiger partial charge in [-0.15, -0.1) is 0 Å². The Hall–Kier alpha value is -1.16. The van der Waals surface area contributed by atoms with Gasteiger partial charge in [-0.05, 0) is 18.9 Å². The van der Waals surface area contributed by atoms with Crippen LogP contribution >= 0.6 is 11.6 Å². The van der Waals surface area contributed by atoms with Crippen molar-refractivity contribution in [3.63, 3.8) is 0 Å². The highest BCUT2D eigenvalue weighted by Gasteiger charge is 2.16.